The molecule has 1 saturated heterocycles. The molecule has 1 aliphatic rings. The van der Waals surface area contributed by atoms with Gasteiger partial charge in [-0.25, -0.2) is 4.98 Å². The quantitative estimate of drug-likeness (QED) is 0.703. The minimum absolute atomic E-state index is 0.0511. The standard InChI is InChI=1S/C22H26N4O2S/c1-15-16(2)29-21-20(15)22(28)26(14-23-21)13-19(27)24-17-9-5-6-10-18(17)25-11-7-3-4-8-12-25/h5-6,9-10,14H,3-4,7-8,11-13H2,1-2H3,(H,24,27). The first-order valence-electron chi connectivity index (χ1n) is 10.1. The Bertz CT molecular complexity index is 1090. The van der Waals surface area contributed by atoms with E-state index >= 15 is 0 Å². The second-order valence-corrected chi connectivity index (χ2v) is 8.81. The van der Waals surface area contributed by atoms with Crippen LogP contribution in [0.3, 0.4) is 0 Å². The summed E-state index contributed by atoms with van der Waals surface area (Å²) in [7, 11) is 0. The number of fused-ring (bicyclic) bond motifs is 1. The van der Waals surface area contributed by atoms with Crippen molar-refractivity contribution in [3.63, 3.8) is 0 Å². The molecule has 0 radical (unpaired) electrons. The Labute approximate surface area is 174 Å². The van der Waals surface area contributed by atoms with E-state index in [0.717, 1.165) is 39.7 Å². The summed E-state index contributed by atoms with van der Waals surface area (Å²) < 4.78 is 1.39. The molecule has 0 bridgehead atoms. The molecule has 3 heterocycles. The molecule has 0 spiro atoms. The molecule has 1 amide bonds. The highest BCUT2D eigenvalue weighted by Gasteiger charge is 2.17. The zero-order valence-electron chi connectivity index (χ0n) is 16.9. The van der Waals surface area contributed by atoms with Gasteiger partial charge in [-0.05, 0) is 44.4 Å². The largest absolute Gasteiger partial charge is 0.370 e. The van der Waals surface area contributed by atoms with Crippen LogP contribution < -0.4 is 15.8 Å². The van der Waals surface area contributed by atoms with Crippen LogP contribution in [0, 0.1) is 13.8 Å². The number of para-hydroxylation sites is 2. The van der Waals surface area contributed by atoms with Gasteiger partial charge in [-0.1, -0.05) is 25.0 Å². The summed E-state index contributed by atoms with van der Waals surface area (Å²) in [5.41, 5.74) is 2.63. The van der Waals surface area contributed by atoms with Crippen molar-refractivity contribution in [2.75, 3.05) is 23.3 Å². The lowest BCUT2D eigenvalue weighted by Gasteiger charge is -2.25. The van der Waals surface area contributed by atoms with Gasteiger partial charge in [0.25, 0.3) is 5.56 Å². The van der Waals surface area contributed by atoms with Gasteiger partial charge in [0.2, 0.25) is 5.91 Å². The van der Waals surface area contributed by atoms with Crippen molar-refractivity contribution < 1.29 is 4.79 Å². The molecule has 1 fully saturated rings. The van der Waals surface area contributed by atoms with Gasteiger partial charge in [0.05, 0.1) is 23.1 Å². The Kier molecular flexibility index (Phi) is 5.67. The lowest BCUT2D eigenvalue weighted by atomic mass is 10.2. The summed E-state index contributed by atoms with van der Waals surface area (Å²) in [5.74, 6) is -0.222. The minimum atomic E-state index is -0.222. The highest BCUT2D eigenvalue weighted by atomic mass is 32.1. The average molecular weight is 411 g/mol. The fourth-order valence-electron chi connectivity index (χ4n) is 3.89. The molecule has 1 N–H and O–H groups in total. The molecule has 4 rings (SSSR count). The number of hydrogen-bond acceptors (Lipinski definition) is 5. The van der Waals surface area contributed by atoms with Crippen molar-refractivity contribution in [1.29, 1.82) is 0 Å². The number of thiophene rings is 1. The lowest BCUT2D eigenvalue weighted by molar-refractivity contribution is -0.116. The second-order valence-electron chi connectivity index (χ2n) is 7.61. The highest BCUT2D eigenvalue weighted by Crippen LogP contribution is 2.28. The number of rotatable bonds is 4. The summed E-state index contributed by atoms with van der Waals surface area (Å²) in [4.78, 5) is 34.1. The minimum Gasteiger partial charge on any atom is -0.370 e. The van der Waals surface area contributed by atoms with E-state index in [1.165, 1.54) is 47.9 Å². The molecule has 152 valence electrons. The van der Waals surface area contributed by atoms with Crippen molar-refractivity contribution in [2.24, 2.45) is 0 Å². The predicted octanol–water partition coefficient (Wildman–Crippen LogP) is 4.09. The molecule has 0 unspecified atom stereocenters. The van der Waals surface area contributed by atoms with Gasteiger partial charge in [-0.3, -0.25) is 14.2 Å². The Morgan fingerprint density at radius 3 is 2.62 bits per heavy atom. The van der Waals surface area contributed by atoms with Crippen LogP contribution in [0.2, 0.25) is 0 Å². The highest BCUT2D eigenvalue weighted by molar-refractivity contribution is 7.18. The van der Waals surface area contributed by atoms with Gasteiger partial charge < -0.3 is 10.2 Å². The number of nitrogens with zero attached hydrogens (tertiary/aromatic N) is 3. The zero-order valence-corrected chi connectivity index (χ0v) is 17.7. The number of nitrogens with one attached hydrogen (secondary N) is 1. The van der Waals surface area contributed by atoms with Crippen LogP contribution in [0.15, 0.2) is 35.4 Å². The summed E-state index contributed by atoms with van der Waals surface area (Å²) in [5, 5.41) is 3.62. The Hall–Kier alpha value is -2.67. The van der Waals surface area contributed by atoms with Crippen molar-refractivity contribution in [1.82, 2.24) is 9.55 Å². The number of anilines is 2. The normalized spacial score (nSPS) is 14.8. The maximum absolute atomic E-state index is 12.8. The number of amides is 1. The van der Waals surface area contributed by atoms with Crippen molar-refractivity contribution in [3.05, 3.63) is 51.4 Å². The third kappa shape index (κ3) is 4.05. The summed E-state index contributed by atoms with van der Waals surface area (Å²) in [6.07, 6.45) is 6.32. The number of benzene rings is 1. The van der Waals surface area contributed by atoms with Gasteiger partial charge in [-0.2, -0.15) is 0 Å². The summed E-state index contributed by atoms with van der Waals surface area (Å²) in [6, 6.07) is 7.90. The first kappa shape index (κ1) is 19.6. The van der Waals surface area contributed by atoms with Gasteiger partial charge in [0, 0.05) is 18.0 Å². The van der Waals surface area contributed by atoms with Crippen LogP contribution in [-0.2, 0) is 11.3 Å². The van der Waals surface area contributed by atoms with Gasteiger partial charge in [0.15, 0.2) is 0 Å². The van der Waals surface area contributed by atoms with Crippen LogP contribution in [0.25, 0.3) is 10.2 Å². The van der Waals surface area contributed by atoms with Crippen LogP contribution in [0.1, 0.15) is 36.1 Å². The Balaban J connectivity index is 1.55. The first-order valence-corrected chi connectivity index (χ1v) is 10.9. The van der Waals surface area contributed by atoms with E-state index in [9.17, 15) is 9.59 Å². The molecule has 1 aliphatic heterocycles. The number of aryl methyl sites for hydroxylation is 2. The molecule has 0 saturated carbocycles. The van der Waals surface area contributed by atoms with Crippen molar-refractivity contribution in [3.8, 4) is 0 Å². The maximum atomic E-state index is 12.8. The fourth-order valence-corrected chi connectivity index (χ4v) is 4.88. The monoisotopic (exact) mass is 410 g/mol. The van der Waals surface area contributed by atoms with Gasteiger partial charge in [0.1, 0.15) is 11.4 Å². The van der Waals surface area contributed by atoms with E-state index in [0.29, 0.717) is 5.39 Å². The number of hydrogen-bond donors (Lipinski definition) is 1. The van der Waals surface area contributed by atoms with Gasteiger partial charge in [-0.15, -0.1) is 11.3 Å². The number of carbonyl (C=O) groups excluding carboxylic acids is 1. The zero-order chi connectivity index (χ0) is 20.4. The average Bonchev–Trinajstić information content (AvgIpc) is 2.89. The van der Waals surface area contributed by atoms with Gasteiger partial charge >= 0.3 is 0 Å². The van der Waals surface area contributed by atoms with E-state index in [4.69, 9.17) is 0 Å². The van der Waals surface area contributed by atoms with E-state index in [2.05, 4.69) is 21.3 Å². The summed E-state index contributed by atoms with van der Waals surface area (Å²) >= 11 is 1.51. The molecule has 29 heavy (non-hydrogen) atoms. The third-order valence-electron chi connectivity index (χ3n) is 5.59. The topological polar surface area (TPSA) is 67.2 Å². The van der Waals surface area contributed by atoms with Crippen LogP contribution in [0.4, 0.5) is 11.4 Å². The molecule has 6 nitrogen and oxygen atoms in total. The third-order valence-corrected chi connectivity index (χ3v) is 6.71. The van der Waals surface area contributed by atoms with E-state index in [1.807, 2.05) is 32.0 Å². The van der Waals surface area contributed by atoms with Crippen LogP contribution in [0.5, 0.6) is 0 Å². The molecule has 3 aromatic rings. The molecule has 2 aromatic heterocycles. The SMILES string of the molecule is Cc1sc2ncn(CC(=O)Nc3ccccc3N3CCCCCC3)c(=O)c2c1C. The Morgan fingerprint density at radius 1 is 1.14 bits per heavy atom. The van der Waals surface area contributed by atoms with E-state index < -0.39 is 0 Å². The van der Waals surface area contributed by atoms with Crippen LogP contribution in [-0.4, -0.2) is 28.5 Å². The first-order chi connectivity index (χ1) is 14.0. The second kappa shape index (κ2) is 8.37. The molecule has 7 heteroatoms. The fraction of sp³-hybridized carbons (Fsp3) is 0.409. The molecular weight excluding hydrogens is 384 g/mol. The lowest BCUT2D eigenvalue weighted by Crippen LogP contribution is -2.29. The molecule has 1 aromatic carbocycles. The maximum Gasteiger partial charge on any atom is 0.262 e. The number of carbonyl (C=O) groups is 1. The smallest absolute Gasteiger partial charge is 0.262 e. The molecule has 0 aliphatic carbocycles. The van der Waals surface area contributed by atoms with Crippen molar-refractivity contribution in [2.45, 2.75) is 46.1 Å². The van der Waals surface area contributed by atoms with Crippen molar-refractivity contribution >= 4 is 38.8 Å². The van der Waals surface area contributed by atoms with E-state index in [1.54, 1.807) is 0 Å². The Morgan fingerprint density at radius 2 is 1.86 bits per heavy atom. The predicted molar refractivity (Wildman–Crippen MR) is 119 cm³/mol. The van der Waals surface area contributed by atoms with E-state index in [-0.39, 0.29) is 18.0 Å². The number of aromatic nitrogens is 2. The molecular formula is C22H26N4O2S. The molecule has 0 atom stereocenters. The van der Waals surface area contributed by atoms with Crippen LogP contribution >= 0.6 is 11.3 Å². The summed E-state index contributed by atoms with van der Waals surface area (Å²) in [6.45, 7) is 5.87.